The number of halogens is 1. The summed E-state index contributed by atoms with van der Waals surface area (Å²) in [5, 5.41) is 12.7. The van der Waals surface area contributed by atoms with Crippen LogP contribution in [0.25, 0.3) is 0 Å². The molecule has 0 aromatic heterocycles. The summed E-state index contributed by atoms with van der Waals surface area (Å²) in [5.41, 5.74) is 3.60. The number of nitriles is 1. The Morgan fingerprint density at radius 3 is 2.70 bits per heavy atom. The van der Waals surface area contributed by atoms with Gasteiger partial charge in [-0.05, 0) is 42.3 Å². The van der Waals surface area contributed by atoms with Crippen LogP contribution in [-0.2, 0) is 6.54 Å². The van der Waals surface area contributed by atoms with Crippen molar-refractivity contribution in [2.75, 3.05) is 12.4 Å². The Labute approximate surface area is 123 Å². The molecular weight excluding hydrogens is 272 g/mol. The maximum absolute atomic E-state index is 8.95. The van der Waals surface area contributed by atoms with Crippen molar-refractivity contribution in [1.29, 1.82) is 5.26 Å². The van der Waals surface area contributed by atoms with Crippen LogP contribution in [0.15, 0.2) is 36.4 Å². The lowest BCUT2D eigenvalue weighted by molar-refractivity contribution is 0.411. The van der Waals surface area contributed by atoms with Crippen molar-refractivity contribution >= 4 is 17.3 Å². The van der Waals surface area contributed by atoms with Gasteiger partial charge >= 0.3 is 0 Å². The lowest BCUT2D eigenvalue weighted by Crippen LogP contribution is -2.00. The lowest BCUT2D eigenvalue weighted by Gasteiger charge is -2.10. The fourth-order valence-corrected chi connectivity index (χ4v) is 2.14. The molecule has 3 nitrogen and oxygen atoms in total. The van der Waals surface area contributed by atoms with Gasteiger partial charge in [0.2, 0.25) is 0 Å². The molecule has 0 aliphatic carbocycles. The minimum Gasteiger partial charge on any atom is -0.496 e. The first kappa shape index (κ1) is 14.2. The Balaban J connectivity index is 2.09. The van der Waals surface area contributed by atoms with Gasteiger partial charge in [0.15, 0.2) is 0 Å². The average Bonchev–Trinajstić information content (AvgIpc) is 2.46. The lowest BCUT2D eigenvalue weighted by atomic mass is 10.1. The van der Waals surface area contributed by atoms with E-state index < -0.39 is 0 Å². The van der Waals surface area contributed by atoms with Crippen LogP contribution in [0.2, 0.25) is 5.02 Å². The summed E-state index contributed by atoms with van der Waals surface area (Å²) in [5.74, 6) is 0.881. The molecule has 0 aliphatic heterocycles. The van der Waals surface area contributed by atoms with Gasteiger partial charge in [0, 0.05) is 12.2 Å². The van der Waals surface area contributed by atoms with Crippen LogP contribution < -0.4 is 10.1 Å². The normalized spacial score (nSPS) is 9.90. The molecule has 0 bridgehead atoms. The maximum atomic E-state index is 8.95. The highest BCUT2D eigenvalue weighted by Gasteiger charge is 2.03. The Hall–Kier alpha value is -2.18. The van der Waals surface area contributed by atoms with Crippen molar-refractivity contribution in [3.63, 3.8) is 0 Å². The third-order valence-corrected chi connectivity index (χ3v) is 3.37. The summed E-state index contributed by atoms with van der Waals surface area (Å²) in [6.45, 7) is 2.69. The molecular formula is C16H15ClN2O. The van der Waals surface area contributed by atoms with Gasteiger partial charge in [-0.2, -0.15) is 5.26 Å². The molecule has 2 aromatic rings. The molecule has 20 heavy (non-hydrogen) atoms. The molecule has 0 fully saturated rings. The minimum atomic E-state index is 0.471. The van der Waals surface area contributed by atoms with Crippen molar-refractivity contribution < 1.29 is 4.74 Å². The zero-order chi connectivity index (χ0) is 14.5. The number of benzene rings is 2. The molecule has 0 spiro atoms. The third kappa shape index (κ3) is 3.23. The van der Waals surface area contributed by atoms with E-state index in [4.69, 9.17) is 21.6 Å². The highest BCUT2D eigenvalue weighted by Crippen LogP contribution is 2.22. The van der Waals surface area contributed by atoms with Crippen LogP contribution in [0.1, 0.15) is 16.7 Å². The maximum Gasteiger partial charge on any atom is 0.121 e. The predicted octanol–water partition coefficient (Wildman–Crippen LogP) is 4.14. The van der Waals surface area contributed by atoms with Gasteiger partial charge in [-0.3, -0.25) is 0 Å². The molecule has 0 aliphatic rings. The van der Waals surface area contributed by atoms with Crippen molar-refractivity contribution in [1.82, 2.24) is 0 Å². The number of hydrogen-bond acceptors (Lipinski definition) is 3. The van der Waals surface area contributed by atoms with Crippen LogP contribution in [0, 0.1) is 18.3 Å². The highest BCUT2D eigenvalue weighted by molar-refractivity contribution is 6.31. The number of anilines is 1. The first-order valence-corrected chi connectivity index (χ1v) is 6.59. The van der Waals surface area contributed by atoms with E-state index >= 15 is 0 Å². The molecule has 2 rings (SSSR count). The molecule has 2 aromatic carbocycles. The topological polar surface area (TPSA) is 45.0 Å². The van der Waals surface area contributed by atoms with E-state index in [2.05, 4.69) is 17.5 Å². The minimum absolute atomic E-state index is 0.471. The van der Waals surface area contributed by atoms with Crippen LogP contribution in [0.3, 0.4) is 0 Å². The third-order valence-electron chi connectivity index (χ3n) is 3.04. The van der Waals surface area contributed by atoms with Gasteiger partial charge in [0.1, 0.15) is 11.8 Å². The summed E-state index contributed by atoms with van der Waals surface area (Å²) in [7, 11) is 1.66. The average molecular weight is 287 g/mol. The van der Waals surface area contributed by atoms with E-state index in [0.717, 1.165) is 22.6 Å². The monoisotopic (exact) mass is 286 g/mol. The summed E-state index contributed by atoms with van der Waals surface area (Å²) < 4.78 is 5.24. The number of nitrogens with zero attached hydrogens (tertiary/aromatic N) is 1. The largest absolute Gasteiger partial charge is 0.496 e. The van der Waals surface area contributed by atoms with Crippen LogP contribution in [-0.4, -0.2) is 7.11 Å². The highest BCUT2D eigenvalue weighted by atomic mass is 35.5. The summed E-state index contributed by atoms with van der Waals surface area (Å²) >= 11 is 5.90. The van der Waals surface area contributed by atoms with Crippen LogP contribution >= 0.6 is 11.6 Å². The second kappa shape index (κ2) is 6.31. The van der Waals surface area contributed by atoms with Gasteiger partial charge in [-0.25, -0.2) is 0 Å². The zero-order valence-corrected chi connectivity index (χ0v) is 12.2. The summed E-state index contributed by atoms with van der Waals surface area (Å²) in [4.78, 5) is 0. The Bertz CT molecular complexity index is 662. The Kier molecular flexibility index (Phi) is 4.49. The summed E-state index contributed by atoms with van der Waals surface area (Å²) in [6.07, 6.45) is 0. The Morgan fingerprint density at radius 2 is 2.05 bits per heavy atom. The van der Waals surface area contributed by atoms with E-state index in [0.29, 0.717) is 17.1 Å². The van der Waals surface area contributed by atoms with Crippen molar-refractivity contribution in [3.8, 4) is 11.8 Å². The first-order valence-electron chi connectivity index (χ1n) is 6.21. The fourth-order valence-electron chi connectivity index (χ4n) is 1.98. The SMILES string of the molecule is COc1ccc(CNc2ccc(Cl)c(C#N)c2)cc1C. The molecule has 0 atom stereocenters. The second-order valence-electron chi connectivity index (χ2n) is 4.46. The van der Waals surface area contributed by atoms with E-state index in [-0.39, 0.29) is 0 Å². The molecule has 0 radical (unpaired) electrons. The van der Waals surface area contributed by atoms with Crippen LogP contribution in [0.5, 0.6) is 5.75 Å². The fraction of sp³-hybridized carbons (Fsp3) is 0.188. The van der Waals surface area contributed by atoms with Crippen LogP contribution in [0.4, 0.5) is 5.69 Å². The molecule has 4 heteroatoms. The molecule has 0 amide bonds. The van der Waals surface area contributed by atoms with Gasteiger partial charge in [0.25, 0.3) is 0 Å². The number of hydrogen-bond donors (Lipinski definition) is 1. The molecule has 0 saturated carbocycles. The Morgan fingerprint density at radius 1 is 1.25 bits per heavy atom. The smallest absolute Gasteiger partial charge is 0.121 e. The van der Waals surface area contributed by atoms with Gasteiger partial charge in [-0.1, -0.05) is 23.7 Å². The number of nitrogens with one attached hydrogen (secondary N) is 1. The summed E-state index contributed by atoms with van der Waals surface area (Å²) in [6, 6.07) is 13.4. The molecule has 1 N–H and O–H groups in total. The van der Waals surface area contributed by atoms with E-state index in [9.17, 15) is 0 Å². The number of ether oxygens (including phenoxy) is 1. The van der Waals surface area contributed by atoms with Gasteiger partial charge in [0.05, 0.1) is 17.7 Å². The predicted molar refractivity (Wildman–Crippen MR) is 81.2 cm³/mol. The van der Waals surface area contributed by atoms with E-state index in [1.807, 2.05) is 25.1 Å². The quantitative estimate of drug-likeness (QED) is 0.919. The molecule has 0 heterocycles. The van der Waals surface area contributed by atoms with Gasteiger partial charge < -0.3 is 10.1 Å². The first-order chi connectivity index (χ1) is 9.63. The van der Waals surface area contributed by atoms with E-state index in [1.165, 1.54) is 0 Å². The van der Waals surface area contributed by atoms with Crippen molar-refractivity contribution in [3.05, 3.63) is 58.1 Å². The van der Waals surface area contributed by atoms with E-state index in [1.54, 1.807) is 19.2 Å². The molecule has 0 saturated heterocycles. The molecule has 0 unspecified atom stereocenters. The second-order valence-corrected chi connectivity index (χ2v) is 4.87. The zero-order valence-electron chi connectivity index (χ0n) is 11.4. The number of methoxy groups -OCH3 is 1. The standard InChI is InChI=1S/C16H15ClN2O/c1-11-7-12(3-6-16(11)20-2)10-19-14-4-5-15(17)13(8-14)9-18/h3-8,19H,10H2,1-2H3. The van der Waals surface area contributed by atoms with Crippen molar-refractivity contribution in [2.45, 2.75) is 13.5 Å². The number of rotatable bonds is 4. The van der Waals surface area contributed by atoms with Crippen molar-refractivity contribution in [2.24, 2.45) is 0 Å². The molecule has 102 valence electrons. The van der Waals surface area contributed by atoms with Gasteiger partial charge in [-0.15, -0.1) is 0 Å². The number of aryl methyl sites for hydroxylation is 1.